The SMILES string of the molecule is CCC(C)N(C)C(=O)N1CCC(C(=O)O)(C(F)(F)F)C1. The molecule has 8 heteroatoms. The molecule has 0 saturated carbocycles. The first-order valence-electron chi connectivity index (χ1n) is 6.38. The van der Waals surface area contributed by atoms with Gasteiger partial charge in [-0.2, -0.15) is 13.2 Å². The molecule has 1 aliphatic rings. The predicted molar refractivity (Wildman–Crippen MR) is 65.2 cm³/mol. The number of hydrogen-bond acceptors (Lipinski definition) is 2. The maximum atomic E-state index is 13.0. The highest BCUT2D eigenvalue weighted by Gasteiger charge is 2.64. The van der Waals surface area contributed by atoms with Crippen molar-refractivity contribution in [3.05, 3.63) is 0 Å². The van der Waals surface area contributed by atoms with Crippen molar-refractivity contribution in [2.24, 2.45) is 5.41 Å². The lowest BCUT2D eigenvalue weighted by molar-refractivity contribution is -0.227. The number of likely N-dealkylation sites (tertiary alicyclic amines) is 1. The molecular formula is C12H19F3N2O3. The van der Waals surface area contributed by atoms with Crippen LogP contribution in [0.25, 0.3) is 0 Å². The highest BCUT2D eigenvalue weighted by atomic mass is 19.4. The van der Waals surface area contributed by atoms with E-state index < -0.39 is 36.6 Å². The number of aliphatic carboxylic acids is 1. The molecule has 2 atom stereocenters. The van der Waals surface area contributed by atoms with Gasteiger partial charge in [0.1, 0.15) is 0 Å². The van der Waals surface area contributed by atoms with E-state index in [4.69, 9.17) is 5.11 Å². The minimum absolute atomic E-state index is 0.117. The van der Waals surface area contributed by atoms with Gasteiger partial charge < -0.3 is 14.9 Å². The fourth-order valence-electron chi connectivity index (χ4n) is 2.19. The minimum Gasteiger partial charge on any atom is -0.481 e. The summed E-state index contributed by atoms with van der Waals surface area (Å²) in [6.45, 7) is 2.61. The van der Waals surface area contributed by atoms with E-state index in [1.165, 1.54) is 11.9 Å². The lowest BCUT2D eigenvalue weighted by atomic mass is 9.86. The van der Waals surface area contributed by atoms with Crippen LogP contribution in [0.15, 0.2) is 0 Å². The molecule has 0 aromatic rings. The number of halogens is 3. The van der Waals surface area contributed by atoms with E-state index in [0.29, 0.717) is 6.42 Å². The van der Waals surface area contributed by atoms with Crippen molar-refractivity contribution in [1.29, 1.82) is 0 Å². The van der Waals surface area contributed by atoms with Crippen molar-refractivity contribution in [3.63, 3.8) is 0 Å². The van der Waals surface area contributed by atoms with Crippen molar-refractivity contribution in [2.75, 3.05) is 20.1 Å². The summed E-state index contributed by atoms with van der Waals surface area (Å²) in [4.78, 5) is 25.4. The van der Waals surface area contributed by atoms with Crippen LogP contribution in [-0.2, 0) is 4.79 Å². The van der Waals surface area contributed by atoms with Gasteiger partial charge in [0, 0.05) is 26.2 Å². The number of carboxylic acids is 1. The van der Waals surface area contributed by atoms with Gasteiger partial charge in [-0.1, -0.05) is 6.92 Å². The smallest absolute Gasteiger partial charge is 0.406 e. The topological polar surface area (TPSA) is 60.9 Å². The second kappa shape index (κ2) is 5.49. The van der Waals surface area contributed by atoms with Gasteiger partial charge in [-0.15, -0.1) is 0 Å². The first kappa shape index (κ1) is 16.6. The molecule has 0 bridgehead atoms. The number of carboxylic acid groups (broad SMARTS) is 1. The monoisotopic (exact) mass is 296 g/mol. The molecule has 0 radical (unpaired) electrons. The fourth-order valence-corrected chi connectivity index (χ4v) is 2.19. The summed E-state index contributed by atoms with van der Waals surface area (Å²) >= 11 is 0. The van der Waals surface area contributed by atoms with Crippen LogP contribution in [0.5, 0.6) is 0 Å². The minimum atomic E-state index is -4.87. The zero-order valence-corrected chi connectivity index (χ0v) is 11.7. The molecule has 0 spiro atoms. The lowest BCUT2D eigenvalue weighted by Gasteiger charge is -2.31. The molecule has 1 N–H and O–H groups in total. The van der Waals surface area contributed by atoms with E-state index in [1.54, 1.807) is 6.92 Å². The first-order chi connectivity index (χ1) is 9.06. The summed E-state index contributed by atoms with van der Waals surface area (Å²) in [5, 5.41) is 8.92. The summed E-state index contributed by atoms with van der Waals surface area (Å²) in [5.74, 6) is -1.92. The van der Waals surface area contributed by atoms with Gasteiger partial charge in [-0.05, 0) is 19.8 Å². The normalized spacial score (nSPS) is 24.6. The molecule has 1 heterocycles. The summed E-state index contributed by atoms with van der Waals surface area (Å²) < 4.78 is 39.0. The molecule has 0 aliphatic carbocycles. The molecule has 1 aliphatic heterocycles. The molecule has 20 heavy (non-hydrogen) atoms. The summed E-state index contributed by atoms with van der Waals surface area (Å²) in [7, 11) is 1.50. The average Bonchev–Trinajstić information content (AvgIpc) is 2.81. The third-order valence-electron chi connectivity index (χ3n) is 4.05. The van der Waals surface area contributed by atoms with Gasteiger partial charge in [0.25, 0.3) is 0 Å². The Morgan fingerprint density at radius 3 is 2.35 bits per heavy atom. The van der Waals surface area contributed by atoms with E-state index in [-0.39, 0.29) is 12.6 Å². The molecule has 1 saturated heterocycles. The Bertz CT molecular complexity index is 400. The van der Waals surface area contributed by atoms with E-state index >= 15 is 0 Å². The summed E-state index contributed by atoms with van der Waals surface area (Å²) in [6, 6.07) is -0.681. The molecule has 1 fully saturated rings. The van der Waals surface area contributed by atoms with Crippen molar-refractivity contribution >= 4 is 12.0 Å². The number of nitrogens with zero attached hydrogens (tertiary/aromatic N) is 2. The third kappa shape index (κ3) is 2.69. The maximum Gasteiger partial charge on any atom is 0.406 e. The van der Waals surface area contributed by atoms with Crippen molar-refractivity contribution in [3.8, 4) is 0 Å². The zero-order valence-electron chi connectivity index (χ0n) is 11.7. The lowest BCUT2D eigenvalue weighted by Crippen LogP contribution is -2.50. The Hall–Kier alpha value is -1.47. The molecule has 5 nitrogen and oxygen atoms in total. The number of rotatable bonds is 3. The zero-order chi connectivity index (χ0) is 15.7. The summed E-state index contributed by atoms with van der Waals surface area (Å²) in [6.07, 6.45) is -4.81. The highest BCUT2D eigenvalue weighted by molar-refractivity contribution is 5.80. The Kier molecular flexibility index (Phi) is 4.55. The van der Waals surface area contributed by atoms with Gasteiger partial charge >= 0.3 is 18.2 Å². The standard InChI is InChI=1S/C12H19F3N2O3/c1-4-8(2)16(3)10(20)17-6-5-11(7-17,9(18)19)12(13,14)15/h8H,4-7H2,1-3H3,(H,18,19). The largest absolute Gasteiger partial charge is 0.481 e. The van der Waals surface area contributed by atoms with Crippen LogP contribution in [0.1, 0.15) is 26.7 Å². The van der Waals surface area contributed by atoms with E-state index in [0.717, 1.165) is 4.90 Å². The molecule has 0 aromatic heterocycles. The second-order valence-electron chi connectivity index (χ2n) is 5.21. The van der Waals surface area contributed by atoms with Gasteiger partial charge in [0.05, 0.1) is 0 Å². The summed E-state index contributed by atoms with van der Waals surface area (Å²) in [5.41, 5.74) is -2.85. The number of urea groups is 1. The number of hydrogen-bond donors (Lipinski definition) is 1. The first-order valence-corrected chi connectivity index (χ1v) is 6.38. The van der Waals surface area contributed by atoms with Crippen molar-refractivity contribution in [1.82, 2.24) is 9.80 Å². The van der Waals surface area contributed by atoms with E-state index in [1.807, 2.05) is 6.92 Å². The molecule has 0 aromatic carbocycles. The molecule has 2 unspecified atom stereocenters. The molecular weight excluding hydrogens is 277 g/mol. The number of carbonyl (C=O) groups excluding carboxylic acids is 1. The number of amides is 2. The quantitative estimate of drug-likeness (QED) is 0.868. The van der Waals surface area contributed by atoms with Gasteiger partial charge in [0.15, 0.2) is 5.41 Å². The van der Waals surface area contributed by atoms with Crippen LogP contribution >= 0.6 is 0 Å². The Morgan fingerprint density at radius 2 is 2.00 bits per heavy atom. The predicted octanol–water partition coefficient (Wildman–Crippen LogP) is 2.18. The van der Waals surface area contributed by atoms with Gasteiger partial charge in [-0.25, -0.2) is 4.79 Å². The number of carbonyl (C=O) groups is 2. The van der Waals surface area contributed by atoms with Crippen LogP contribution in [-0.4, -0.2) is 59.3 Å². The molecule has 2 amide bonds. The number of alkyl halides is 3. The van der Waals surface area contributed by atoms with Crippen LogP contribution in [0.2, 0.25) is 0 Å². The fraction of sp³-hybridized carbons (Fsp3) is 0.833. The Morgan fingerprint density at radius 1 is 1.45 bits per heavy atom. The van der Waals surface area contributed by atoms with Gasteiger partial charge in [-0.3, -0.25) is 4.79 Å². The average molecular weight is 296 g/mol. The van der Waals surface area contributed by atoms with E-state index in [9.17, 15) is 22.8 Å². The molecule has 1 rings (SSSR count). The van der Waals surface area contributed by atoms with Crippen molar-refractivity contribution < 1.29 is 27.9 Å². The molecule has 116 valence electrons. The van der Waals surface area contributed by atoms with E-state index in [2.05, 4.69) is 0 Å². The van der Waals surface area contributed by atoms with Crippen LogP contribution < -0.4 is 0 Å². The maximum absolute atomic E-state index is 13.0. The van der Waals surface area contributed by atoms with Crippen molar-refractivity contribution in [2.45, 2.75) is 38.9 Å². The Balaban J connectivity index is 2.90. The van der Waals surface area contributed by atoms with Crippen LogP contribution in [0.4, 0.5) is 18.0 Å². The third-order valence-corrected chi connectivity index (χ3v) is 4.05. The Labute approximate surface area is 115 Å². The van der Waals surface area contributed by atoms with Crippen LogP contribution in [0.3, 0.4) is 0 Å². The second-order valence-corrected chi connectivity index (χ2v) is 5.21. The highest BCUT2D eigenvalue weighted by Crippen LogP contribution is 2.45. The van der Waals surface area contributed by atoms with Crippen LogP contribution in [0, 0.1) is 5.41 Å². The van der Waals surface area contributed by atoms with Gasteiger partial charge in [0.2, 0.25) is 0 Å².